The molecule has 1 amide bonds. The molecule has 1 aromatic heterocycles. The van der Waals surface area contributed by atoms with Crippen LogP contribution < -0.4 is 0 Å². The van der Waals surface area contributed by atoms with Gasteiger partial charge in [-0.05, 0) is 48.1 Å². The highest BCUT2D eigenvalue weighted by atomic mass is 35.5. The standard InChI is InChI=1S/C25H31ClN2O/c1-4-13-28(14-5-2)24(29)16-22(19-10-7-11-20(26)15-19)23-17-27-25-18(6-3)9-8-12-21(23)25/h7-12,15,17,22,27H,4-6,13-14,16H2,1-3H3. The number of para-hydroxylation sites is 1. The number of amides is 1. The fourth-order valence-electron chi connectivity index (χ4n) is 4.16. The smallest absolute Gasteiger partial charge is 0.223 e. The third-order valence-electron chi connectivity index (χ3n) is 5.56. The molecule has 4 heteroatoms. The van der Waals surface area contributed by atoms with Crippen LogP contribution in [0.25, 0.3) is 10.9 Å². The van der Waals surface area contributed by atoms with Gasteiger partial charge in [-0.25, -0.2) is 0 Å². The summed E-state index contributed by atoms with van der Waals surface area (Å²) in [6.07, 6.45) is 5.44. The molecule has 0 bridgehead atoms. The molecule has 2 aromatic carbocycles. The van der Waals surface area contributed by atoms with Crippen molar-refractivity contribution in [1.82, 2.24) is 9.88 Å². The van der Waals surface area contributed by atoms with Gasteiger partial charge in [-0.3, -0.25) is 4.79 Å². The molecule has 1 atom stereocenters. The number of hydrogen-bond acceptors (Lipinski definition) is 1. The van der Waals surface area contributed by atoms with Crippen molar-refractivity contribution in [2.24, 2.45) is 0 Å². The lowest BCUT2D eigenvalue weighted by Gasteiger charge is -2.25. The minimum atomic E-state index is -0.0294. The van der Waals surface area contributed by atoms with Crippen LogP contribution in [0.2, 0.25) is 5.02 Å². The van der Waals surface area contributed by atoms with Gasteiger partial charge in [-0.1, -0.05) is 62.7 Å². The van der Waals surface area contributed by atoms with Crippen molar-refractivity contribution in [1.29, 1.82) is 0 Å². The number of aromatic amines is 1. The zero-order valence-electron chi connectivity index (χ0n) is 17.7. The fraction of sp³-hybridized carbons (Fsp3) is 0.400. The zero-order valence-corrected chi connectivity index (χ0v) is 18.4. The van der Waals surface area contributed by atoms with E-state index in [9.17, 15) is 4.79 Å². The molecule has 1 N–H and O–H groups in total. The monoisotopic (exact) mass is 410 g/mol. The summed E-state index contributed by atoms with van der Waals surface area (Å²) in [5.41, 5.74) is 4.72. The summed E-state index contributed by atoms with van der Waals surface area (Å²) in [4.78, 5) is 18.7. The van der Waals surface area contributed by atoms with Crippen LogP contribution in [0, 0.1) is 0 Å². The van der Waals surface area contributed by atoms with E-state index >= 15 is 0 Å². The minimum Gasteiger partial charge on any atom is -0.361 e. The Hall–Kier alpha value is -2.26. The van der Waals surface area contributed by atoms with Crippen molar-refractivity contribution in [2.75, 3.05) is 13.1 Å². The Kier molecular flexibility index (Phi) is 7.38. The van der Waals surface area contributed by atoms with E-state index in [0.29, 0.717) is 11.4 Å². The van der Waals surface area contributed by atoms with Crippen LogP contribution in [0.5, 0.6) is 0 Å². The molecular weight excluding hydrogens is 380 g/mol. The van der Waals surface area contributed by atoms with Crippen molar-refractivity contribution >= 4 is 28.4 Å². The maximum absolute atomic E-state index is 13.2. The zero-order chi connectivity index (χ0) is 20.8. The number of carbonyl (C=O) groups is 1. The summed E-state index contributed by atoms with van der Waals surface area (Å²) in [5.74, 6) is 0.179. The Labute approximate surface area is 179 Å². The van der Waals surface area contributed by atoms with Crippen LogP contribution in [-0.4, -0.2) is 28.9 Å². The SMILES string of the molecule is CCCN(CCC)C(=O)CC(c1cccc(Cl)c1)c1c[nH]c2c(CC)cccc12. The molecule has 1 heterocycles. The van der Waals surface area contributed by atoms with Gasteiger partial charge in [0.2, 0.25) is 5.91 Å². The lowest BCUT2D eigenvalue weighted by Crippen LogP contribution is -2.33. The number of halogens is 1. The first kappa shape index (κ1) is 21.4. The van der Waals surface area contributed by atoms with Gasteiger partial charge in [-0.15, -0.1) is 0 Å². The first-order valence-electron chi connectivity index (χ1n) is 10.7. The van der Waals surface area contributed by atoms with Crippen LogP contribution in [0.1, 0.15) is 62.6 Å². The predicted molar refractivity (Wildman–Crippen MR) is 123 cm³/mol. The van der Waals surface area contributed by atoms with Crippen LogP contribution in [-0.2, 0) is 11.2 Å². The number of H-pyrrole nitrogens is 1. The second-order valence-electron chi connectivity index (χ2n) is 7.63. The Morgan fingerprint density at radius 1 is 1.07 bits per heavy atom. The fourth-order valence-corrected chi connectivity index (χ4v) is 4.36. The summed E-state index contributed by atoms with van der Waals surface area (Å²) < 4.78 is 0. The second kappa shape index (κ2) is 9.98. The number of fused-ring (bicyclic) bond motifs is 1. The van der Waals surface area contributed by atoms with Crippen molar-refractivity contribution in [3.05, 3.63) is 70.4 Å². The highest BCUT2D eigenvalue weighted by Gasteiger charge is 2.24. The summed E-state index contributed by atoms with van der Waals surface area (Å²) >= 11 is 6.31. The number of rotatable bonds is 9. The number of hydrogen-bond donors (Lipinski definition) is 1. The lowest BCUT2D eigenvalue weighted by molar-refractivity contribution is -0.131. The molecule has 0 aliphatic rings. The first-order chi connectivity index (χ1) is 14.1. The van der Waals surface area contributed by atoms with Crippen molar-refractivity contribution in [3.63, 3.8) is 0 Å². The Morgan fingerprint density at radius 2 is 1.79 bits per heavy atom. The molecule has 29 heavy (non-hydrogen) atoms. The van der Waals surface area contributed by atoms with E-state index in [1.54, 1.807) is 0 Å². The summed E-state index contributed by atoms with van der Waals surface area (Å²) in [7, 11) is 0. The maximum atomic E-state index is 13.2. The molecule has 0 saturated carbocycles. The number of benzene rings is 2. The maximum Gasteiger partial charge on any atom is 0.223 e. The average molecular weight is 411 g/mol. The Balaban J connectivity index is 2.04. The molecule has 0 fully saturated rings. The van der Waals surface area contributed by atoms with Crippen LogP contribution in [0.3, 0.4) is 0 Å². The van der Waals surface area contributed by atoms with Gasteiger partial charge >= 0.3 is 0 Å². The molecule has 3 nitrogen and oxygen atoms in total. The highest BCUT2D eigenvalue weighted by molar-refractivity contribution is 6.30. The van der Waals surface area contributed by atoms with E-state index in [4.69, 9.17) is 11.6 Å². The first-order valence-corrected chi connectivity index (χ1v) is 11.1. The summed E-state index contributed by atoms with van der Waals surface area (Å²) in [5, 5.41) is 1.90. The van der Waals surface area contributed by atoms with E-state index in [-0.39, 0.29) is 11.8 Å². The van der Waals surface area contributed by atoms with E-state index in [1.165, 1.54) is 22.0 Å². The molecule has 0 aliphatic heterocycles. The molecule has 0 radical (unpaired) electrons. The van der Waals surface area contributed by atoms with Gasteiger partial charge in [0.1, 0.15) is 0 Å². The van der Waals surface area contributed by atoms with E-state index < -0.39 is 0 Å². The largest absolute Gasteiger partial charge is 0.361 e. The molecule has 0 saturated heterocycles. The Morgan fingerprint density at radius 3 is 2.45 bits per heavy atom. The van der Waals surface area contributed by atoms with Crippen LogP contribution in [0.4, 0.5) is 0 Å². The van der Waals surface area contributed by atoms with Gasteiger partial charge in [0, 0.05) is 47.6 Å². The molecule has 3 rings (SSSR count). The van der Waals surface area contributed by atoms with Gasteiger partial charge < -0.3 is 9.88 Å². The number of nitrogens with zero attached hydrogens (tertiary/aromatic N) is 1. The van der Waals surface area contributed by atoms with Crippen LogP contribution >= 0.6 is 11.6 Å². The lowest BCUT2D eigenvalue weighted by atomic mass is 9.87. The molecule has 0 spiro atoms. The molecular formula is C25H31ClN2O. The number of nitrogens with one attached hydrogen (secondary N) is 1. The van der Waals surface area contributed by atoms with Gasteiger partial charge in [-0.2, -0.15) is 0 Å². The molecule has 3 aromatic rings. The molecule has 0 aliphatic carbocycles. The Bertz CT molecular complexity index is 956. The van der Waals surface area contributed by atoms with Crippen molar-refractivity contribution < 1.29 is 4.79 Å². The minimum absolute atomic E-state index is 0.0294. The summed E-state index contributed by atoms with van der Waals surface area (Å²) in [6, 6.07) is 14.3. The average Bonchev–Trinajstić information content (AvgIpc) is 3.15. The molecule has 154 valence electrons. The topological polar surface area (TPSA) is 36.1 Å². The number of aromatic nitrogens is 1. The number of carbonyl (C=O) groups excluding carboxylic acids is 1. The van der Waals surface area contributed by atoms with Crippen molar-refractivity contribution in [3.8, 4) is 0 Å². The van der Waals surface area contributed by atoms with Gasteiger partial charge in [0.25, 0.3) is 0 Å². The third-order valence-corrected chi connectivity index (χ3v) is 5.79. The third kappa shape index (κ3) is 4.84. The quantitative estimate of drug-likeness (QED) is 0.426. The van der Waals surface area contributed by atoms with E-state index in [2.05, 4.69) is 56.2 Å². The highest BCUT2D eigenvalue weighted by Crippen LogP contribution is 2.36. The van der Waals surface area contributed by atoms with E-state index in [1.807, 2.05) is 23.1 Å². The van der Waals surface area contributed by atoms with Crippen molar-refractivity contribution in [2.45, 2.75) is 52.4 Å². The van der Waals surface area contributed by atoms with Gasteiger partial charge in [0.05, 0.1) is 0 Å². The molecule has 1 unspecified atom stereocenters. The van der Waals surface area contributed by atoms with Gasteiger partial charge in [0.15, 0.2) is 0 Å². The normalized spacial score (nSPS) is 12.3. The second-order valence-corrected chi connectivity index (χ2v) is 8.07. The van der Waals surface area contributed by atoms with E-state index in [0.717, 1.165) is 37.9 Å². The summed E-state index contributed by atoms with van der Waals surface area (Å²) in [6.45, 7) is 8.03. The predicted octanol–water partition coefficient (Wildman–Crippen LogP) is 6.55. The number of aryl methyl sites for hydroxylation is 1. The van der Waals surface area contributed by atoms with Crippen LogP contribution in [0.15, 0.2) is 48.7 Å².